The number of hydrogen-bond acceptors (Lipinski definition) is 8. The molecule has 4 aromatic rings. The Kier molecular flexibility index (Phi) is 5.96. The Bertz CT molecular complexity index is 1470. The fraction of sp³-hybridized carbons (Fsp3) is 0.0870. The van der Waals surface area contributed by atoms with Crippen molar-refractivity contribution in [2.45, 2.75) is 13.3 Å². The van der Waals surface area contributed by atoms with Crippen LogP contribution in [-0.2, 0) is 4.79 Å². The molecular formula is C23H16N6O5. The number of aromatic carboxylic acids is 1. The molecule has 0 atom stereocenters. The van der Waals surface area contributed by atoms with Crippen molar-refractivity contribution in [3.8, 4) is 17.2 Å². The maximum absolute atomic E-state index is 13.0. The number of carboxylic acid groups (broad SMARTS) is 1. The second-order valence-electron chi connectivity index (χ2n) is 7.09. The third-order valence-electron chi connectivity index (χ3n) is 4.94. The zero-order valence-corrected chi connectivity index (χ0v) is 17.7. The highest BCUT2D eigenvalue weighted by Crippen LogP contribution is 2.34. The third kappa shape index (κ3) is 4.28. The van der Waals surface area contributed by atoms with Gasteiger partial charge >= 0.3 is 5.97 Å². The lowest BCUT2D eigenvalue weighted by Crippen LogP contribution is -2.15. The summed E-state index contributed by atoms with van der Waals surface area (Å²) in [7, 11) is 0. The van der Waals surface area contributed by atoms with Crippen molar-refractivity contribution < 1.29 is 24.0 Å². The molecule has 11 nitrogen and oxygen atoms in total. The maximum Gasteiger partial charge on any atom is 0.337 e. The van der Waals surface area contributed by atoms with Crippen LogP contribution in [0.2, 0.25) is 0 Å². The molecule has 3 N–H and O–H groups in total. The van der Waals surface area contributed by atoms with Gasteiger partial charge in [-0.2, -0.15) is 15.5 Å². The summed E-state index contributed by atoms with van der Waals surface area (Å²) in [6.07, 6.45) is 3.25. The minimum Gasteiger partial charge on any atom is -0.478 e. The molecule has 168 valence electrons. The lowest BCUT2D eigenvalue weighted by atomic mass is 10.0. The Labute approximate surface area is 192 Å². The highest BCUT2D eigenvalue weighted by Gasteiger charge is 2.22. The van der Waals surface area contributed by atoms with E-state index < -0.39 is 11.9 Å². The molecule has 0 saturated heterocycles. The van der Waals surface area contributed by atoms with Gasteiger partial charge in [0.25, 0.3) is 5.91 Å². The predicted molar refractivity (Wildman–Crippen MR) is 120 cm³/mol. The SMILES string of the molecule is CCC(=O)Nc1cc2onc(C(=O)Nc3ccc(C#N)cc3C(=O)O)c2cc1-c1ccnnc1. The monoisotopic (exact) mass is 456 g/mol. The van der Waals surface area contributed by atoms with Gasteiger partial charge in [-0.25, -0.2) is 4.79 Å². The molecule has 4 rings (SSSR count). The summed E-state index contributed by atoms with van der Waals surface area (Å²) in [5.41, 5.74) is 1.68. The van der Waals surface area contributed by atoms with Gasteiger partial charge in [-0.05, 0) is 30.3 Å². The molecule has 0 unspecified atom stereocenters. The van der Waals surface area contributed by atoms with Crippen LogP contribution in [-0.4, -0.2) is 38.2 Å². The second kappa shape index (κ2) is 9.17. The number of fused-ring (bicyclic) bond motifs is 1. The molecule has 0 aliphatic carbocycles. The van der Waals surface area contributed by atoms with Gasteiger partial charge in [0, 0.05) is 23.6 Å². The Hall–Kier alpha value is -5.11. The fourth-order valence-corrected chi connectivity index (χ4v) is 3.26. The van der Waals surface area contributed by atoms with Crippen LogP contribution in [0.3, 0.4) is 0 Å². The van der Waals surface area contributed by atoms with Crippen molar-refractivity contribution in [2.75, 3.05) is 10.6 Å². The van der Waals surface area contributed by atoms with Crippen LogP contribution >= 0.6 is 0 Å². The zero-order chi connectivity index (χ0) is 24.2. The van der Waals surface area contributed by atoms with Crippen molar-refractivity contribution in [3.63, 3.8) is 0 Å². The number of hydrogen-bond donors (Lipinski definition) is 3. The first-order valence-electron chi connectivity index (χ1n) is 10.0. The molecular weight excluding hydrogens is 440 g/mol. The molecule has 2 heterocycles. The number of carbonyl (C=O) groups excluding carboxylic acids is 2. The summed E-state index contributed by atoms with van der Waals surface area (Å²) < 4.78 is 5.32. The zero-order valence-electron chi connectivity index (χ0n) is 17.7. The topological polar surface area (TPSA) is 171 Å². The molecule has 0 aliphatic rings. The van der Waals surface area contributed by atoms with E-state index in [4.69, 9.17) is 9.78 Å². The summed E-state index contributed by atoms with van der Waals surface area (Å²) in [4.78, 5) is 36.6. The van der Waals surface area contributed by atoms with Crippen LogP contribution in [0.25, 0.3) is 22.1 Å². The number of nitrogens with one attached hydrogen (secondary N) is 2. The largest absolute Gasteiger partial charge is 0.478 e. The number of carboxylic acids is 1. The van der Waals surface area contributed by atoms with E-state index >= 15 is 0 Å². The first-order valence-corrected chi connectivity index (χ1v) is 10.0. The normalized spacial score (nSPS) is 10.5. The predicted octanol–water partition coefficient (Wildman–Crippen LogP) is 3.46. The fourth-order valence-electron chi connectivity index (χ4n) is 3.26. The van der Waals surface area contributed by atoms with E-state index in [0.29, 0.717) is 22.2 Å². The highest BCUT2D eigenvalue weighted by atomic mass is 16.5. The second-order valence-corrected chi connectivity index (χ2v) is 7.09. The van der Waals surface area contributed by atoms with Crippen LogP contribution < -0.4 is 10.6 Å². The smallest absolute Gasteiger partial charge is 0.337 e. The minimum absolute atomic E-state index is 0.00182. The minimum atomic E-state index is -1.30. The molecule has 11 heteroatoms. The molecule has 0 aliphatic heterocycles. The van der Waals surface area contributed by atoms with Crippen molar-refractivity contribution in [3.05, 3.63) is 65.6 Å². The molecule has 0 saturated carbocycles. The van der Waals surface area contributed by atoms with Crippen LogP contribution in [0.4, 0.5) is 11.4 Å². The summed E-state index contributed by atoms with van der Waals surface area (Å²) in [6, 6.07) is 10.6. The van der Waals surface area contributed by atoms with Gasteiger partial charge in [0.1, 0.15) is 0 Å². The maximum atomic E-state index is 13.0. The molecule has 0 spiro atoms. The van der Waals surface area contributed by atoms with E-state index in [1.165, 1.54) is 24.5 Å². The first kappa shape index (κ1) is 22.1. The van der Waals surface area contributed by atoms with Crippen LogP contribution in [0.15, 0.2) is 53.3 Å². The average molecular weight is 456 g/mol. The number of benzene rings is 2. The number of nitriles is 1. The quantitative estimate of drug-likeness (QED) is 0.393. The summed E-state index contributed by atoms with van der Waals surface area (Å²) in [5.74, 6) is -2.24. The van der Waals surface area contributed by atoms with Crippen molar-refractivity contribution >= 4 is 40.1 Å². The highest BCUT2D eigenvalue weighted by molar-refractivity contribution is 6.14. The van der Waals surface area contributed by atoms with E-state index in [1.54, 1.807) is 25.1 Å². The van der Waals surface area contributed by atoms with E-state index in [0.717, 1.165) is 6.07 Å². The van der Waals surface area contributed by atoms with Crippen LogP contribution in [0.1, 0.15) is 39.8 Å². The summed E-state index contributed by atoms with van der Waals surface area (Å²) in [6.45, 7) is 1.72. The lowest BCUT2D eigenvalue weighted by Gasteiger charge is -2.11. The van der Waals surface area contributed by atoms with Gasteiger partial charge in [-0.1, -0.05) is 12.1 Å². The molecule has 2 amide bonds. The molecule has 0 fully saturated rings. The number of anilines is 2. The Morgan fingerprint density at radius 2 is 1.91 bits per heavy atom. The van der Waals surface area contributed by atoms with Crippen molar-refractivity contribution in [1.29, 1.82) is 5.26 Å². The summed E-state index contributed by atoms with van der Waals surface area (Å²) >= 11 is 0. The van der Waals surface area contributed by atoms with Gasteiger partial charge < -0.3 is 20.3 Å². The number of rotatable bonds is 6. The third-order valence-corrected chi connectivity index (χ3v) is 4.94. The van der Waals surface area contributed by atoms with Gasteiger partial charge in [0.15, 0.2) is 11.3 Å². The van der Waals surface area contributed by atoms with Crippen LogP contribution in [0.5, 0.6) is 0 Å². The Morgan fingerprint density at radius 1 is 1.09 bits per heavy atom. The molecule has 2 aromatic carbocycles. The van der Waals surface area contributed by atoms with Crippen molar-refractivity contribution in [2.24, 2.45) is 0 Å². The van der Waals surface area contributed by atoms with E-state index in [2.05, 4.69) is 26.0 Å². The van der Waals surface area contributed by atoms with Gasteiger partial charge in [-0.3, -0.25) is 9.59 Å². The number of aromatic nitrogens is 3. The standard InChI is InChI=1S/C23H16N6O5/c1-2-20(30)27-18-9-19-16(8-14(18)13-5-6-25-26-11-13)21(29-34-19)22(31)28-17-4-3-12(10-24)7-15(17)23(32)33/h3-9,11H,2H2,1H3,(H,27,30)(H,28,31)(H,32,33). The van der Waals surface area contributed by atoms with E-state index in [9.17, 15) is 19.5 Å². The number of amides is 2. The van der Waals surface area contributed by atoms with Gasteiger partial charge in [0.05, 0.1) is 46.4 Å². The first-order chi connectivity index (χ1) is 16.4. The number of carbonyl (C=O) groups is 3. The molecule has 0 bridgehead atoms. The Morgan fingerprint density at radius 3 is 2.59 bits per heavy atom. The van der Waals surface area contributed by atoms with Crippen molar-refractivity contribution in [1.82, 2.24) is 15.4 Å². The van der Waals surface area contributed by atoms with Gasteiger partial charge in [-0.15, -0.1) is 0 Å². The average Bonchev–Trinajstić information content (AvgIpc) is 3.27. The molecule has 0 radical (unpaired) electrons. The molecule has 2 aromatic heterocycles. The Balaban J connectivity index is 1.77. The van der Waals surface area contributed by atoms with Gasteiger partial charge in [0.2, 0.25) is 5.91 Å². The van der Waals surface area contributed by atoms with E-state index in [-0.39, 0.29) is 40.4 Å². The molecule has 34 heavy (non-hydrogen) atoms. The van der Waals surface area contributed by atoms with E-state index in [1.807, 2.05) is 6.07 Å². The lowest BCUT2D eigenvalue weighted by molar-refractivity contribution is -0.115. The summed E-state index contributed by atoms with van der Waals surface area (Å²) in [5, 5.41) is 35.6. The number of nitrogens with zero attached hydrogens (tertiary/aromatic N) is 4. The van der Waals surface area contributed by atoms with Crippen LogP contribution in [0, 0.1) is 11.3 Å².